The lowest BCUT2D eigenvalue weighted by Gasteiger charge is -2.18. The zero-order chi connectivity index (χ0) is 33.8. The van der Waals surface area contributed by atoms with Gasteiger partial charge in [-0.25, -0.2) is 23.1 Å². The number of urea groups is 1. The van der Waals surface area contributed by atoms with Crippen LogP contribution in [0.5, 0.6) is 0 Å². The monoisotopic (exact) mass is 671 g/mol. The zero-order valence-electron chi connectivity index (χ0n) is 26.1. The highest BCUT2D eigenvalue weighted by Crippen LogP contribution is 2.38. The fourth-order valence-corrected chi connectivity index (χ4v) is 6.79. The Bertz CT molecular complexity index is 2160. The third-order valence-corrected chi connectivity index (χ3v) is 9.14. The minimum Gasteiger partial charge on any atom is -0.341 e. The third-order valence-electron chi connectivity index (χ3n) is 7.83. The predicted molar refractivity (Wildman–Crippen MR) is 179 cm³/mol. The van der Waals surface area contributed by atoms with Gasteiger partial charge in [-0.15, -0.1) is 16.4 Å². The van der Waals surface area contributed by atoms with Crippen LogP contribution in [0, 0.1) is 11.6 Å². The van der Waals surface area contributed by atoms with Gasteiger partial charge in [0.2, 0.25) is 0 Å². The molecule has 0 saturated carbocycles. The van der Waals surface area contributed by atoms with E-state index < -0.39 is 29.4 Å². The van der Waals surface area contributed by atoms with Gasteiger partial charge in [0.25, 0.3) is 5.56 Å². The summed E-state index contributed by atoms with van der Waals surface area (Å²) >= 11 is 1.20. The van der Waals surface area contributed by atoms with Crippen molar-refractivity contribution < 1.29 is 13.6 Å². The zero-order valence-corrected chi connectivity index (χ0v) is 26.9. The van der Waals surface area contributed by atoms with Crippen LogP contribution in [0.1, 0.15) is 16.7 Å². The standard InChI is InChI=1S/C33H31F2N9O3S/c1-36-32(46)38-23-13-11-22(12-14-23)29-25(18-41(2)17-21-7-4-3-5-8-21)28-30(45)43(16-15-42-20-37-39-40-42)33(47)44(31(28)48-29)19-24-26(34)9-6-10-27(24)35/h3-14,20H,15-19H2,1-2H3,(H2,36,38,46). The number of aryl methyl sites for hydroxylation is 1. The number of benzene rings is 3. The molecule has 0 aliphatic rings. The first-order valence-corrected chi connectivity index (χ1v) is 15.8. The molecule has 15 heteroatoms. The fraction of sp³-hybridized carbons (Fsp3) is 0.212. The van der Waals surface area contributed by atoms with E-state index in [1.165, 1.54) is 40.0 Å². The normalized spacial score (nSPS) is 11.4. The number of amides is 2. The van der Waals surface area contributed by atoms with Gasteiger partial charge in [0.1, 0.15) is 22.8 Å². The highest BCUT2D eigenvalue weighted by molar-refractivity contribution is 7.22. The average molecular weight is 672 g/mol. The molecule has 0 radical (unpaired) electrons. The summed E-state index contributed by atoms with van der Waals surface area (Å²) in [6.45, 7) is 0.481. The Morgan fingerprint density at radius 3 is 2.29 bits per heavy atom. The fourth-order valence-electron chi connectivity index (χ4n) is 5.48. The van der Waals surface area contributed by atoms with E-state index >= 15 is 0 Å². The van der Waals surface area contributed by atoms with Gasteiger partial charge in [-0.2, -0.15) is 0 Å². The molecule has 12 nitrogen and oxygen atoms in total. The molecule has 6 rings (SSSR count). The first-order valence-electron chi connectivity index (χ1n) is 15.0. The van der Waals surface area contributed by atoms with Crippen molar-refractivity contribution >= 4 is 33.3 Å². The van der Waals surface area contributed by atoms with E-state index in [0.29, 0.717) is 29.2 Å². The van der Waals surface area contributed by atoms with Crippen molar-refractivity contribution in [2.45, 2.75) is 32.7 Å². The van der Waals surface area contributed by atoms with Crippen LogP contribution >= 0.6 is 11.3 Å². The molecule has 246 valence electrons. The van der Waals surface area contributed by atoms with Crippen molar-refractivity contribution in [1.82, 2.24) is 39.6 Å². The Kier molecular flexibility index (Phi) is 9.50. The van der Waals surface area contributed by atoms with Gasteiger partial charge in [-0.3, -0.25) is 18.8 Å². The molecule has 6 aromatic rings. The van der Waals surface area contributed by atoms with Gasteiger partial charge < -0.3 is 10.6 Å². The Hall–Kier alpha value is -5.54. The first kappa shape index (κ1) is 32.4. The van der Waals surface area contributed by atoms with Gasteiger partial charge in [-0.1, -0.05) is 48.5 Å². The van der Waals surface area contributed by atoms with Crippen LogP contribution in [0.3, 0.4) is 0 Å². The Labute approximate surface area is 276 Å². The highest BCUT2D eigenvalue weighted by Gasteiger charge is 2.25. The van der Waals surface area contributed by atoms with E-state index in [9.17, 15) is 23.2 Å². The second kappa shape index (κ2) is 14.1. The van der Waals surface area contributed by atoms with E-state index in [-0.39, 0.29) is 34.9 Å². The number of carbonyl (C=O) groups excluding carboxylic acids is 1. The molecule has 0 unspecified atom stereocenters. The number of halogens is 2. The number of hydrogen-bond acceptors (Lipinski definition) is 8. The lowest BCUT2D eigenvalue weighted by molar-refractivity contribution is 0.254. The van der Waals surface area contributed by atoms with Crippen LogP contribution in [-0.2, 0) is 32.7 Å². The summed E-state index contributed by atoms with van der Waals surface area (Å²) in [4.78, 5) is 43.3. The summed E-state index contributed by atoms with van der Waals surface area (Å²) in [6.07, 6.45) is 1.37. The van der Waals surface area contributed by atoms with Gasteiger partial charge in [-0.05, 0) is 58.4 Å². The number of fused-ring (bicyclic) bond motifs is 1. The molecular formula is C33H31F2N9O3S. The molecule has 0 aliphatic carbocycles. The maximum Gasteiger partial charge on any atom is 0.332 e. The summed E-state index contributed by atoms with van der Waals surface area (Å²) in [5, 5.41) is 16.6. The van der Waals surface area contributed by atoms with Crippen LogP contribution < -0.4 is 21.9 Å². The van der Waals surface area contributed by atoms with Crippen LogP contribution in [0.25, 0.3) is 20.7 Å². The van der Waals surface area contributed by atoms with E-state index in [1.54, 1.807) is 12.1 Å². The van der Waals surface area contributed by atoms with Crippen molar-refractivity contribution in [2.75, 3.05) is 19.4 Å². The van der Waals surface area contributed by atoms with Gasteiger partial charge >= 0.3 is 11.7 Å². The summed E-state index contributed by atoms with van der Waals surface area (Å²) < 4.78 is 33.7. The average Bonchev–Trinajstić information content (AvgIpc) is 3.73. The molecule has 0 fully saturated rings. The molecule has 0 bridgehead atoms. The predicted octanol–water partition coefficient (Wildman–Crippen LogP) is 4.29. The number of thiophene rings is 1. The number of aromatic nitrogens is 6. The van der Waals surface area contributed by atoms with E-state index in [2.05, 4.69) is 31.1 Å². The number of anilines is 1. The Morgan fingerprint density at radius 1 is 0.896 bits per heavy atom. The minimum atomic E-state index is -0.805. The SMILES string of the molecule is CNC(=O)Nc1ccc(-c2sc3c(c2CN(C)Cc2ccccc2)c(=O)n(CCn2cnnn2)c(=O)n3Cc2c(F)cccc2F)cc1. The molecule has 3 aromatic heterocycles. The van der Waals surface area contributed by atoms with Crippen molar-refractivity contribution in [3.05, 3.63) is 128 Å². The lowest BCUT2D eigenvalue weighted by Crippen LogP contribution is -2.41. The molecule has 3 aromatic carbocycles. The summed E-state index contributed by atoms with van der Waals surface area (Å²) in [6, 6.07) is 20.1. The van der Waals surface area contributed by atoms with E-state index in [4.69, 9.17) is 0 Å². The molecule has 2 amide bonds. The summed E-state index contributed by atoms with van der Waals surface area (Å²) in [5.74, 6) is -1.61. The molecule has 0 saturated heterocycles. The van der Waals surface area contributed by atoms with Crippen LogP contribution in [0.15, 0.2) is 88.7 Å². The van der Waals surface area contributed by atoms with Gasteiger partial charge in [0, 0.05) is 36.3 Å². The Morgan fingerprint density at radius 2 is 1.62 bits per heavy atom. The van der Waals surface area contributed by atoms with Gasteiger partial charge in [0.05, 0.1) is 25.0 Å². The molecule has 0 atom stereocenters. The smallest absolute Gasteiger partial charge is 0.332 e. The van der Waals surface area contributed by atoms with Crippen molar-refractivity contribution in [3.63, 3.8) is 0 Å². The quantitative estimate of drug-likeness (QED) is 0.210. The molecule has 3 heterocycles. The third kappa shape index (κ3) is 6.77. The van der Waals surface area contributed by atoms with E-state index in [1.807, 2.05) is 49.5 Å². The number of rotatable bonds is 11. The van der Waals surface area contributed by atoms with Crippen LogP contribution in [-0.4, -0.2) is 54.4 Å². The van der Waals surface area contributed by atoms with E-state index in [0.717, 1.165) is 27.8 Å². The highest BCUT2D eigenvalue weighted by atomic mass is 32.1. The van der Waals surface area contributed by atoms with Gasteiger partial charge in [0.15, 0.2) is 0 Å². The number of nitrogens with one attached hydrogen (secondary N) is 2. The minimum absolute atomic E-state index is 0.0806. The molecule has 2 N–H and O–H groups in total. The maximum atomic E-state index is 15.0. The van der Waals surface area contributed by atoms with Crippen molar-refractivity contribution in [3.8, 4) is 10.4 Å². The summed E-state index contributed by atoms with van der Waals surface area (Å²) in [7, 11) is 3.44. The Balaban J connectivity index is 1.55. The topological polar surface area (TPSA) is 132 Å². The summed E-state index contributed by atoms with van der Waals surface area (Å²) in [5.41, 5.74) is 1.47. The molecule has 0 spiro atoms. The number of tetrazole rings is 1. The number of hydrogen-bond donors (Lipinski definition) is 2. The second-order valence-electron chi connectivity index (χ2n) is 11.1. The first-order chi connectivity index (χ1) is 23.2. The lowest BCUT2D eigenvalue weighted by atomic mass is 10.1. The maximum absolute atomic E-state index is 15.0. The largest absolute Gasteiger partial charge is 0.341 e. The molecular weight excluding hydrogens is 640 g/mol. The van der Waals surface area contributed by atoms with Crippen molar-refractivity contribution in [1.29, 1.82) is 0 Å². The molecule has 0 aliphatic heterocycles. The second-order valence-corrected chi connectivity index (χ2v) is 12.1. The number of carbonyl (C=O) groups is 1. The number of nitrogens with zero attached hydrogens (tertiary/aromatic N) is 7. The van der Waals surface area contributed by atoms with Crippen LogP contribution in [0.4, 0.5) is 19.3 Å². The van der Waals surface area contributed by atoms with Crippen LogP contribution in [0.2, 0.25) is 0 Å². The van der Waals surface area contributed by atoms with Crippen molar-refractivity contribution in [2.24, 2.45) is 0 Å². The molecule has 48 heavy (non-hydrogen) atoms.